The van der Waals surface area contributed by atoms with E-state index in [2.05, 4.69) is 18.6 Å². The van der Waals surface area contributed by atoms with Crippen molar-refractivity contribution in [2.24, 2.45) is 5.92 Å². The van der Waals surface area contributed by atoms with E-state index in [1.807, 2.05) is 26.8 Å². The zero-order valence-corrected chi connectivity index (χ0v) is 13.7. The summed E-state index contributed by atoms with van der Waals surface area (Å²) >= 11 is 0. The molecular formula is C14H27NO3S. The topological polar surface area (TPSA) is 55.4 Å². The molecule has 0 aliphatic rings. The van der Waals surface area contributed by atoms with Gasteiger partial charge in [-0.2, -0.15) is 0 Å². The van der Waals surface area contributed by atoms with Crippen LogP contribution in [0.2, 0.25) is 0 Å². The lowest BCUT2D eigenvalue weighted by atomic mass is 10.0. The van der Waals surface area contributed by atoms with Crippen molar-refractivity contribution >= 4 is 17.0 Å². The molecule has 0 fully saturated rings. The number of esters is 1. The van der Waals surface area contributed by atoms with E-state index >= 15 is 0 Å². The minimum atomic E-state index is -1.11. The van der Waals surface area contributed by atoms with Gasteiger partial charge in [-0.1, -0.05) is 19.9 Å². The molecule has 0 bridgehead atoms. The number of carbonyl (C=O) groups excluding carboxylic acids is 1. The Morgan fingerprint density at radius 2 is 1.95 bits per heavy atom. The SMILES string of the molecule is CC(=O)OC/C=C/[C@@H](CC(C)C)NS(=O)C(C)(C)C. The van der Waals surface area contributed by atoms with Gasteiger partial charge in [0.15, 0.2) is 0 Å². The standard InChI is InChI=1S/C14H27NO3S/c1-11(2)10-13(8-7-9-18-12(3)16)15-19(17)14(4,5)6/h7-8,11,13,15H,9-10H2,1-6H3/b8-7+/t13-,19?/m0/s1. The first-order valence-electron chi connectivity index (χ1n) is 6.61. The minimum Gasteiger partial charge on any atom is -0.462 e. The van der Waals surface area contributed by atoms with Gasteiger partial charge in [0.2, 0.25) is 0 Å². The highest BCUT2D eigenvalue weighted by atomic mass is 32.2. The fourth-order valence-corrected chi connectivity index (χ4v) is 2.18. The van der Waals surface area contributed by atoms with E-state index < -0.39 is 11.0 Å². The Bertz CT molecular complexity index is 332. The van der Waals surface area contributed by atoms with Gasteiger partial charge in [-0.15, -0.1) is 0 Å². The third-order valence-electron chi connectivity index (χ3n) is 2.29. The van der Waals surface area contributed by atoms with Crippen molar-refractivity contribution < 1.29 is 13.7 Å². The van der Waals surface area contributed by atoms with Gasteiger partial charge in [0.25, 0.3) is 0 Å². The maximum absolute atomic E-state index is 12.1. The van der Waals surface area contributed by atoms with Crippen LogP contribution in [0.1, 0.15) is 48.0 Å². The molecule has 1 N–H and O–H groups in total. The van der Waals surface area contributed by atoms with E-state index in [4.69, 9.17) is 4.74 Å². The summed E-state index contributed by atoms with van der Waals surface area (Å²) in [4.78, 5) is 10.7. The summed E-state index contributed by atoms with van der Waals surface area (Å²) < 4.78 is 19.7. The van der Waals surface area contributed by atoms with E-state index in [1.54, 1.807) is 6.08 Å². The van der Waals surface area contributed by atoms with Crippen molar-refractivity contribution in [3.8, 4) is 0 Å². The van der Waals surface area contributed by atoms with Crippen molar-refractivity contribution in [3.05, 3.63) is 12.2 Å². The van der Waals surface area contributed by atoms with Crippen LogP contribution in [0, 0.1) is 5.92 Å². The molecule has 0 radical (unpaired) electrons. The smallest absolute Gasteiger partial charge is 0.302 e. The first-order chi connectivity index (χ1) is 8.62. The van der Waals surface area contributed by atoms with Crippen LogP contribution in [0.3, 0.4) is 0 Å². The van der Waals surface area contributed by atoms with E-state index in [-0.39, 0.29) is 23.4 Å². The summed E-state index contributed by atoms with van der Waals surface area (Å²) in [7, 11) is -1.11. The number of nitrogens with one attached hydrogen (secondary N) is 1. The Hall–Kier alpha value is -0.680. The first kappa shape index (κ1) is 18.3. The van der Waals surface area contributed by atoms with Gasteiger partial charge in [0.05, 0.1) is 15.7 Å². The number of hydrogen-bond donors (Lipinski definition) is 1. The third-order valence-corrected chi connectivity index (χ3v) is 3.92. The first-order valence-corrected chi connectivity index (χ1v) is 7.76. The minimum absolute atomic E-state index is 0.0237. The highest BCUT2D eigenvalue weighted by molar-refractivity contribution is 7.84. The molecule has 0 aromatic heterocycles. The zero-order valence-electron chi connectivity index (χ0n) is 12.9. The Morgan fingerprint density at radius 3 is 2.37 bits per heavy atom. The predicted octanol–water partition coefficient (Wildman–Crippen LogP) is 2.57. The molecular weight excluding hydrogens is 262 g/mol. The second-order valence-electron chi connectivity index (χ2n) is 5.97. The van der Waals surface area contributed by atoms with E-state index in [1.165, 1.54) is 6.92 Å². The predicted molar refractivity (Wildman–Crippen MR) is 80.0 cm³/mol. The quantitative estimate of drug-likeness (QED) is 0.579. The highest BCUT2D eigenvalue weighted by Gasteiger charge is 2.22. The zero-order chi connectivity index (χ0) is 15.1. The maximum Gasteiger partial charge on any atom is 0.302 e. The van der Waals surface area contributed by atoms with Crippen molar-refractivity contribution in [1.82, 2.24) is 4.72 Å². The largest absolute Gasteiger partial charge is 0.462 e. The Balaban J connectivity index is 4.47. The van der Waals surface area contributed by atoms with Gasteiger partial charge < -0.3 is 4.74 Å². The lowest BCUT2D eigenvalue weighted by Crippen LogP contribution is -2.39. The second kappa shape index (κ2) is 8.48. The average molecular weight is 289 g/mol. The molecule has 19 heavy (non-hydrogen) atoms. The van der Waals surface area contributed by atoms with E-state index in [0.717, 1.165) is 6.42 Å². The molecule has 0 aromatic rings. The van der Waals surface area contributed by atoms with Crippen LogP contribution >= 0.6 is 0 Å². The molecule has 0 rings (SSSR count). The van der Waals surface area contributed by atoms with Gasteiger partial charge in [-0.05, 0) is 39.2 Å². The van der Waals surface area contributed by atoms with Crippen LogP contribution in [-0.2, 0) is 20.5 Å². The molecule has 0 saturated carbocycles. The summed E-state index contributed by atoms with van der Waals surface area (Å²) in [5, 5.41) is 0. The third kappa shape index (κ3) is 9.85. The normalized spacial score (nSPS) is 15.7. The lowest BCUT2D eigenvalue weighted by Gasteiger charge is -2.23. The number of rotatable bonds is 7. The Labute approximate surface area is 119 Å². The van der Waals surface area contributed by atoms with Crippen molar-refractivity contribution in [2.75, 3.05) is 6.61 Å². The van der Waals surface area contributed by atoms with Crippen LogP contribution in [0.4, 0.5) is 0 Å². The van der Waals surface area contributed by atoms with Crippen LogP contribution in [0.5, 0.6) is 0 Å². The molecule has 2 atom stereocenters. The number of hydrogen-bond acceptors (Lipinski definition) is 3. The monoisotopic (exact) mass is 289 g/mol. The molecule has 5 heteroatoms. The van der Waals surface area contributed by atoms with Gasteiger partial charge in [-0.25, -0.2) is 8.93 Å². The number of carbonyl (C=O) groups is 1. The van der Waals surface area contributed by atoms with Gasteiger partial charge in [0.1, 0.15) is 6.61 Å². The van der Waals surface area contributed by atoms with Crippen LogP contribution in [0.15, 0.2) is 12.2 Å². The lowest BCUT2D eigenvalue weighted by molar-refractivity contribution is -0.139. The summed E-state index contributed by atoms with van der Waals surface area (Å²) in [6, 6.07) is 0.0237. The summed E-state index contributed by atoms with van der Waals surface area (Å²) in [6.45, 7) is 11.7. The van der Waals surface area contributed by atoms with Crippen LogP contribution < -0.4 is 4.72 Å². The fourth-order valence-electron chi connectivity index (χ4n) is 1.37. The Morgan fingerprint density at radius 1 is 1.37 bits per heavy atom. The van der Waals surface area contributed by atoms with Crippen LogP contribution in [-0.4, -0.2) is 27.6 Å². The Kier molecular flexibility index (Phi) is 8.18. The molecule has 0 aromatic carbocycles. The molecule has 1 unspecified atom stereocenters. The summed E-state index contributed by atoms with van der Waals surface area (Å²) in [5.74, 6) is 0.198. The van der Waals surface area contributed by atoms with Gasteiger partial charge in [-0.3, -0.25) is 4.79 Å². The highest BCUT2D eigenvalue weighted by Crippen LogP contribution is 2.13. The van der Waals surface area contributed by atoms with Gasteiger partial charge >= 0.3 is 5.97 Å². The molecule has 0 amide bonds. The molecule has 112 valence electrons. The second-order valence-corrected chi connectivity index (χ2v) is 7.96. The molecule has 0 aliphatic heterocycles. The van der Waals surface area contributed by atoms with Crippen molar-refractivity contribution in [2.45, 2.75) is 58.8 Å². The summed E-state index contributed by atoms with van der Waals surface area (Å²) in [6.07, 6.45) is 4.60. The molecule has 0 aliphatic carbocycles. The van der Waals surface area contributed by atoms with E-state index in [0.29, 0.717) is 5.92 Å². The number of ether oxygens (including phenoxy) is 1. The molecule has 0 spiro atoms. The van der Waals surface area contributed by atoms with Crippen molar-refractivity contribution in [1.29, 1.82) is 0 Å². The molecule has 0 saturated heterocycles. The van der Waals surface area contributed by atoms with Crippen molar-refractivity contribution in [3.63, 3.8) is 0 Å². The average Bonchev–Trinajstić information content (AvgIpc) is 2.21. The maximum atomic E-state index is 12.1. The molecule has 4 nitrogen and oxygen atoms in total. The van der Waals surface area contributed by atoms with Crippen LogP contribution in [0.25, 0.3) is 0 Å². The summed E-state index contributed by atoms with van der Waals surface area (Å²) in [5.41, 5.74) is 0. The van der Waals surface area contributed by atoms with E-state index in [9.17, 15) is 9.00 Å². The molecule has 0 heterocycles. The van der Waals surface area contributed by atoms with Gasteiger partial charge in [0, 0.05) is 13.0 Å². The fraction of sp³-hybridized carbons (Fsp3) is 0.786.